The van der Waals surface area contributed by atoms with Gasteiger partial charge in [0.05, 0.1) is 15.7 Å². The molecule has 0 aliphatic heterocycles. The van der Waals surface area contributed by atoms with E-state index in [-0.39, 0.29) is 5.75 Å². The van der Waals surface area contributed by atoms with E-state index in [1.165, 1.54) is 0 Å². The molecule has 1 N–H and O–H groups in total. The Hall–Kier alpha value is -1.72. The van der Waals surface area contributed by atoms with Crippen LogP contribution in [0.4, 0.5) is 5.69 Å². The van der Waals surface area contributed by atoms with Gasteiger partial charge in [-0.05, 0) is 40.2 Å². The monoisotopic (exact) mass is 404 g/mol. The average Bonchev–Trinajstić information content (AvgIpc) is 2.49. The SMILES string of the molecule is Oc1c(Br)cc(Br)cc1C=Nc1cccc2cccnc12. The van der Waals surface area contributed by atoms with Gasteiger partial charge in [-0.2, -0.15) is 0 Å². The van der Waals surface area contributed by atoms with Crippen LogP contribution in [0.3, 0.4) is 0 Å². The molecule has 0 spiro atoms. The van der Waals surface area contributed by atoms with Gasteiger partial charge in [0.15, 0.2) is 0 Å². The zero-order valence-corrected chi connectivity index (χ0v) is 14.0. The first-order valence-electron chi connectivity index (χ1n) is 6.21. The summed E-state index contributed by atoms with van der Waals surface area (Å²) in [7, 11) is 0. The number of para-hydroxylation sites is 1. The molecular formula is C16H10Br2N2O. The molecule has 0 saturated carbocycles. The van der Waals surface area contributed by atoms with Gasteiger partial charge in [-0.1, -0.05) is 34.1 Å². The predicted molar refractivity (Wildman–Crippen MR) is 92.5 cm³/mol. The van der Waals surface area contributed by atoms with Gasteiger partial charge in [0.2, 0.25) is 0 Å². The highest BCUT2D eigenvalue weighted by Crippen LogP contribution is 2.31. The number of aliphatic imine (C=N–C) groups is 1. The minimum absolute atomic E-state index is 0.162. The van der Waals surface area contributed by atoms with Crippen LogP contribution in [0.2, 0.25) is 0 Å². The molecule has 0 saturated heterocycles. The Morgan fingerprint density at radius 2 is 1.90 bits per heavy atom. The average molecular weight is 406 g/mol. The van der Waals surface area contributed by atoms with Gasteiger partial charge in [-0.3, -0.25) is 9.98 Å². The lowest BCUT2D eigenvalue weighted by Crippen LogP contribution is -1.85. The smallest absolute Gasteiger partial charge is 0.138 e. The number of phenols is 1. The van der Waals surface area contributed by atoms with Gasteiger partial charge in [-0.15, -0.1) is 0 Å². The van der Waals surface area contributed by atoms with Crippen molar-refractivity contribution in [3.63, 3.8) is 0 Å². The van der Waals surface area contributed by atoms with E-state index in [0.29, 0.717) is 10.0 Å². The normalized spacial score (nSPS) is 11.3. The number of phenolic OH excluding ortho intramolecular Hbond substituents is 1. The van der Waals surface area contributed by atoms with Crippen LogP contribution in [-0.4, -0.2) is 16.3 Å². The van der Waals surface area contributed by atoms with E-state index in [2.05, 4.69) is 41.8 Å². The Labute approximate surface area is 138 Å². The molecule has 5 heteroatoms. The van der Waals surface area contributed by atoms with Gasteiger partial charge in [-0.25, -0.2) is 0 Å². The van der Waals surface area contributed by atoms with E-state index in [9.17, 15) is 5.11 Å². The van der Waals surface area contributed by atoms with Gasteiger partial charge < -0.3 is 5.11 Å². The maximum Gasteiger partial charge on any atom is 0.138 e. The fourth-order valence-corrected chi connectivity index (χ4v) is 3.27. The third-order valence-corrected chi connectivity index (χ3v) is 4.07. The quantitative estimate of drug-likeness (QED) is 0.594. The number of aromatic hydroxyl groups is 1. The van der Waals surface area contributed by atoms with Crippen molar-refractivity contribution in [1.29, 1.82) is 0 Å². The van der Waals surface area contributed by atoms with Crippen LogP contribution >= 0.6 is 31.9 Å². The van der Waals surface area contributed by atoms with Crippen LogP contribution in [0.15, 0.2) is 62.6 Å². The van der Waals surface area contributed by atoms with Crippen molar-refractivity contribution in [2.45, 2.75) is 0 Å². The largest absolute Gasteiger partial charge is 0.506 e. The second kappa shape index (κ2) is 5.95. The fraction of sp³-hybridized carbons (Fsp3) is 0. The van der Waals surface area contributed by atoms with E-state index >= 15 is 0 Å². The zero-order valence-electron chi connectivity index (χ0n) is 10.8. The molecule has 0 bridgehead atoms. The number of aromatic nitrogens is 1. The van der Waals surface area contributed by atoms with Crippen molar-refractivity contribution in [3.05, 3.63) is 63.2 Å². The molecule has 0 fully saturated rings. The number of halogens is 2. The highest BCUT2D eigenvalue weighted by molar-refractivity contribution is 9.11. The van der Waals surface area contributed by atoms with Crippen LogP contribution in [0, 0.1) is 0 Å². The molecule has 0 unspecified atom stereocenters. The lowest BCUT2D eigenvalue weighted by Gasteiger charge is -2.03. The summed E-state index contributed by atoms with van der Waals surface area (Å²) >= 11 is 6.71. The molecule has 3 nitrogen and oxygen atoms in total. The van der Waals surface area contributed by atoms with Crippen LogP contribution in [0.1, 0.15) is 5.56 Å². The molecule has 0 radical (unpaired) electrons. The Morgan fingerprint density at radius 3 is 2.76 bits per heavy atom. The zero-order chi connectivity index (χ0) is 14.8. The van der Waals surface area contributed by atoms with Crippen LogP contribution in [0.5, 0.6) is 5.75 Å². The maximum atomic E-state index is 10.0. The van der Waals surface area contributed by atoms with E-state index in [1.54, 1.807) is 18.5 Å². The third kappa shape index (κ3) is 2.99. The summed E-state index contributed by atoms with van der Waals surface area (Å²) in [6.07, 6.45) is 3.38. The first kappa shape index (κ1) is 14.2. The first-order valence-corrected chi connectivity index (χ1v) is 7.79. The Balaban J connectivity index is 2.06. The highest BCUT2D eigenvalue weighted by atomic mass is 79.9. The molecule has 21 heavy (non-hydrogen) atoms. The van der Waals surface area contributed by atoms with Crippen LogP contribution < -0.4 is 0 Å². The number of nitrogens with zero attached hydrogens (tertiary/aromatic N) is 2. The summed E-state index contributed by atoms with van der Waals surface area (Å²) in [5.41, 5.74) is 2.23. The van der Waals surface area contributed by atoms with Gasteiger partial charge in [0.1, 0.15) is 5.75 Å². The summed E-state index contributed by atoms with van der Waals surface area (Å²) in [6, 6.07) is 13.3. The molecular weight excluding hydrogens is 396 g/mol. The summed E-state index contributed by atoms with van der Waals surface area (Å²) in [5.74, 6) is 0.162. The van der Waals surface area contributed by atoms with Crippen molar-refractivity contribution in [2.24, 2.45) is 4.99 Å². The van der Waals surface area contributed by atoms with Crippen LogP contribution in [-0.2, 0) is 0 Å². The number of pyridine rings is 1. The van der Waals surface area contributed by atoms with Gasteiger partial charge in [0.25, 0.3) is 0 Å². The van der Waals surface area contributed by atoms with Gasteiger partial charge >= 0.3 is 0 Å². The van der Waals surface area contributed by atoms with Crippen molar-refractivity contribution < 1.29 is 5.11 Å². The van der Waals surface area contributed by atoms with Crippen molar-refractivity contribution in [2.75, 3.05) is 0 Å². The molecule has 0 aliphatic carbocycles. The third-order valence-electron chi connectivity index (χ3n) is 3.01. The Morgan fingerprint density at radius 1 is 1.10 bits per heavy atom. The van der Waals surface area contributed by atoms with E-state index in [1.807, 2.05) is 36.4 Å². The van der Waals surface area contributed by atoms with Crippen molar-refractivity contribution in [3.8, 4) is 5.75 Å². The van der Waals surface area contributed by atoms with Crippen molar-refractivity contribution >= 4 is 54.7 Å². The number of rotatable bonds is 2. The molecule has 3 rings (SSSR count). The predicted octanol–water partition coefficient (Wildman–Crippen LogP) is 5.22. The lowest BCUT2D eigenvalue weighted by atomic mass is 10.2. The summed E-state index contributed by atoms with van der Waals surface area (Å²) in [5, 5.41) is 11.1. The Bertz CT molecular complexity index is 842. The standard InChI is InChI=1S/C16H10Br2N2O/c17-12-7-11(16(21)13(18)8-12)9-20-14-5-1-3-10-4-2-6-19-15(10)14/h1-9,21H. The molecule has 1 aromatic heterocycles. The van der Waals surface area contributed by atoms with E-state index in [4.69, 9.17) is 0 Å². The topological polar surface area (TPSA) is 45.5 Å². The number of benzene rings is 2. The van der Waals surface area contributed by atoms with Crippen molar-refractivity contribution in [1.82, 2.24) is 4.98 Å². The van der Waals surface area contributed by atoms with E-state index < -0.39 is 0 Å². The highest BCUT2D eigenvalue weighted by Gasteiger charge is 2.06. The summed E-state index contributed by atoms with van der Waals surface area (Å²) in [4.78, 5) is 8.81. The number of hydrogen-bond acceptors (Lipinski definition) is 3. The minimum atomic E-state index is 0.162. The number of fused-ring (bicyclic) bond motifs is 1. The maximum absolute atomic E-state index is 10.0. The fourth-order valence-electron chi connectivity index (χ4n) is 2.02. The molecule has 0 aliphatic rings. The second-order valence-corrected chi connectivity index (χ2v) is 6.21. The molecule has 104 valence electrons. The molecule has 2 aromatic carbocycles. The molecule has 0 amide bonds. The second-order valence-electron chi connectivity index (χ2n) is 4.44. The molecule has 0 atom stereocenters. The van der Waals surface area contributed by atoms with Crippen LogP contribution in [0.25, 0.3) is 10.9 Å². The van der Waals surface area contributed by atoms with E-state index in [0.717, 1.165) is 21.1 Å². The molecule has 1 heterocycles. The van der Waals surface area contributed by atoms with Gasteiger partial charge in [0, 0.05) is 27.8 Å². The molecule has 3 aromatic rings. The lowest BCUT2D eigenvalue weighted by molar-refractivity contribution is 0.471. The summed E-state index contributed by atoms with van der Waals surface area (Å²) < 4.78 is 1.49. The number of hydrogen-bond donors (Lipinski definition) is 1. The summed E-state index contributed by atoms with van der Waals surface area (Å²) in [6.45, 7) is 0. The Kier molecular flexibility index (Phi) is 4.03. The first-order chi connectivity index (χ1) is 10.1. The minimum Gasteiger partial charge on any atom is -0.506 e.